The number of aromatic amines is 1. The Morgan fingerprint density at radius 1 is 1.29 bits per heavy atom. The molecule has 1 N–H and O–H groups in total. The summed E-state index contributed by atoms with van der Waals surface area (Å²) in [7, 11) is 0. The molecule has 3 aromatic rings. The zero-order chi connectivity index (χ0) is 14.7. The number of aromatic nitrogens is 3. The Labute approximate surface area is 133 Å². The van der Waals surface area contributed by atoms with Crippen LogP contribution in [0.5, 0.6) is 0 Å². The maximum Gasteiger partial charge on any atom is 0.274 e. The lowest BCUT2D eigenvalue weighted by Gasteiger charge is -2.00. The Morgan fingerprint density at radius 3 is 2.90 bits per heavy atom. The van der Waals surface area contributed by atoms with Crippen molar-refractivity contribution in [3.63, 3.8) is 0 Å². The van der Waals surface area contributed by atoms with E-state index < -0.39 is 0 Å². The smallest absolute Gasteiger partial charge is 0.274 e. The molecule has 1 aromatic carbocycles. The van der Waals surface area contributed by atoms with Gasteiger partial charge in [0.2, 0.25) is 0 Å². The third-order valence-electron chi connectivity index (χ3n) is 2.70. The van der Waals surface area contributed by atoms with Crippen molar-refractivity contribution in [2.45, 2.75) is 10.6 Å². The molecule has 3 rings (SSSR count). The number of rotatable bonds is 4. The van der Waals surface area contributed by atoms with Crippen LogP contribution in [0.1, 0.15) is 11.5 Å². The van der Waals surface area contributed by atoms with E-state index in [0.717, 1.165) is 9.37 Å². The Balaban J connectivity index is 1.71. The highest BCUT2D eigenvalue weighted by Gasteiger charge is 2.11. The summed E-state index contributed by atoms with van der Waals surface area (Å²) in [6, 6.07) is 13.4. The molecule has 0 radical (unpaired) electrons. The standard InChI is InChI=1S/C14H9BrN4OS/c15-10-3-1-2-4-12(10)21-8-13-18-14(20-19-13)11-6-5-9(7-16)17-11/h1-6,17H,8H2. The Bertz CT molecular complexity index is 805. The van der Waals surface area contributed by atoms with Crippen molar-refractivity contribution in [2.24, 2.45) is 0 Å². The fourth-order valence-electron chi connectivity index (χ4n) is 1.71. The molecule has 7 heteroatoms. The molecule has 0 fully saturated rings. The van der Waals surface area contributed by atoms with Crippen LogP contribution in [0.3, 0.4) is 0 Å². The van der Waals surface area contributed by atoms with Crippen LogP contribution in [0, 0.1) is 11.3 Å². The lowest BCUT2D eigenvalue weighted by atomic mass is 10.4. The van der Waals surface area contributed by atoms with Crippen LogP contribution in [0.15, 0.2) is 50.3 Å². The van der Waals surface area contributed by atoms with E-state index in [-0.39, 0.29) is 0 Å². The highest BCUT2D eigenvalue weighted by atomic mass is 79.9. The first-order chi connectivity index (χ1) is 10.3. The SMILES string of the molecule is N#Cc1ccc(-c2nc(CSc3ccccc3Br)no2)[nH]1. The fraction of sp³-hybridized carbons (Fsp3) is 0.0714. The summed E-state index contributed by atoms with van der Waals surface area (Å²) in [5, 5.41) is 12.7. The molecule has 0 saturated heterocycles. The lowest BCUT2D eigenvalue weighted by Crippen LogP contribution is -1.85. The van der Waals surface area contributed by atoms with E-state index in [1.807, 2.05) is 30.3 Å². The molecule has 0 bridgehead atoms. The van der Waals surface area contributed by atoms with Crippen molar-refractivity contribution in [1.82, 2.24) is 15.1 Å². The monoisotopic (exact) mass is 360 g/mol. The van der Waals surface area contributed by atoms with Crippen LogP contribution in [0.4, 0.5) is 0 Å². The van der Waals surface area contributed by atoms with Crippen LogP contribution in [0.2, 0.25) is 0 Å². The first-order valence-electron chi connectivity index (χ1n) is 6.05. The van der Waals surface area contributed by atoms with Crippen LogP contribution in [0.25, 0.3) is 11.6 Å². The molecule has 0 saturated carbocycles. The first-order valence-corrected chi connectivity index (χ1v) is 7.83. The van der Waals surface area contributed by atoms with Gasteiger partial charge in [-0.15, -0.1) is 11.8 Å². The van der Waals surface area contributed by atoms with Gasteiger partial charge < -0.3 is 9.51 Å². The van der Waals surface area contributed by atoms with Crippen LogP contribution < -0.4 is 0 Å². The van der Waals surface area contributed by atoms with Crippen LogP contribution in [-0.2, 0) is 5.75 Å². The summed E-state index contributed by atoms with van der Waals surface area (Å²) >= 11 is 5.13. The van der Waals surface area contributed by atoms with Gasteiger partial charge in [-0.05, 0) is 40.2 Å². The maximum atomic E-state index is 8.78. The van der Waals surface area contributed by atoms with Crippen molar-refractivity contribution >= 4 is 27.7 Å². The maximum absolute atomic E-state index is 8.78. The average Bonchev–Trinajstić information content (AvgIpc) is 3.15. The van der Waals surface area contributed by atoms with Gasteiger partial charge in [-0.3, -0.25) is 0 Å². The molecule has 5 nitrogen and oxygen atoms in total. The molecular formula is C14H9BrN4OS. The molecule has 0 atom stereocenters. The van der Waals surface area contributed by atoms with Crippen LogP contribution >= 0.6 is 27.7 Å². The summed E-state index contributed by atoms with van der Waals surface area (Å²) in [6.45, 7) is 0. The molecular weight excluding hydrogens is 352 g/mol. The third kappa shape index (κ3) is 3.17. The molecule has 0 spiro atoms. The number of hydrogen-bond donors (Lipinski definition) is 1. The number of halogens is 1. The summed E-state index contributed by atoms with van der Waals surface area (Å²) in [5.74, 6) is 1.61. The second-order valence-electron chi connectivity index (χ2n) is 4.13. The molecule has 104 valence electrons. The van der Waals surface area contributed by atoms with Crippen LogP contribution in [-0.4, -0.2) is 15.1 Å². The Hall–Kier alpha value is -2.04. The number of nitrogens with one attached hydrogen (secondary N) is 1. The highest BCUT2D eigenvalue weighted by molar-refractivity contribution is 9.10. The van der Waals surface area contributed by atoms with Crippen molar-refractivity contribution < 1.29 is 4.52 Å². The van der Waals surface area contributed by atoms with Gasteiger partial charge in [-0.2, -0.15) is 10.2 Å². The van der Waals surface area contributed by atoms with E-state index in [1.165, 1.54) is 0 Å². The minimum Gasteiger partial charge on any atom is -0.342 e. The number of benzene rings is 1. The van der Waals surface area contributed by atoms with Crippen molar-refractivity contribution in [3.05, 3.63) is 52.4 Å². The number of H-pyrrole nitrogens is 1. The van der Waals surface area contributed by atoms with Gasteiger partial charge in [0, 0.05) is 9.37 Å². The predicted octanol–water partition coefficient (Wildman–Crippen LogP) is 3.99. The molecule has 0 aliphatic carbocycles. The van der Waals surface area contributed by atoms with Gasteiger partial charge in [0.15, 0.2) is 5.82 Å². The second-order valence-corrected chi connectivity index (χ2v) is 6.00. The second kappa shape index (κ2) is 6.16. The molecule has 0 aliphatic rings. The number of hydrogen-bond acceptors (Lipinski definition) is 5. The summed E-state index contributed by atoms with van der Waals surface area (Å²) in [6.07, 6.45) is 0. The largest absolute Gasteiger partial charge is 0.342 e. The van der Waals surface area contributed by atoms with E-state index >= 15 is 0 Å². The van der Waals surface area contributed by atoms with Crippen molar-refractivity contribution in [3.8, 4) is 17.7 Å². The normalized spacial score (nSPS) is 10.5. The van der Waals surface area contributed by atoms with E-state index in [1.54, 1.807) is 23.9 Å². The minimum absolute atomic E-state index is 0.388. The first kappa shape index (κ1) is 13.9. The van der Waals surface area contributed by atoms with Gasteiger partial charge >= 0.3 is 0 Å². The molecule has 0 amide bonds. The van der Waals surface area contributed by atoms with E-state index in [2.05, 4.69) is 31.1 Å². The van der Waals surface area contributed by atoms with Gasteiger partial charge in [-0.25, -0.2) is 0 Å². The van der Waals surface area contributed by atoms with Crippen molar-refractivity contribution in [1.29, 1.82) is 5.26 Å². The summed E-state index contributed by atoms with van der Waals surface area (Å²) in [5.41, 5.74) is 1.11. The quantitative estimate of drug-likeness (QED) is 0.711. The summed E-state index contributed by atoms with van der Waals surface area (Å²) < 4.78 is 6.24. The highest BCUT2D eigenvalue weighted by Crippen LogP contribution is 2.29. The number of nitriles is 1. The topological polar surface area (TPSA) is 78.5 Å². The molecule has 2 heterocycles. The average molecular weight is 361 g/mol. The van der Waals surface area contributed by atoms with Gasteiger partial charge in [-0.1, -0.05) is 17.3 Å². The Kier molecular flexibility index (Phi) is 4.08. The van der Waals surface area contributed by atoms with E-state index in [4.69, 9.17) is 9.78 Å². The minimum atomic E-state index is 0.388. The lowest BCUT2D eigenvalue weighted by molar-refractivity contribution is 0.424. The third-order valence-corrected chi connectivity index (χ3v) is 4.72. The zero-order valence-electron chi connectivity index (χ0n) is 10.7. The molecule has 0 unspecified atom stereocenters. The van der Waals surface area contributed by atoms with E-state index in [9.17, 15) is 0 Å². The predicted molar refractivity (Wildman–Crippen MR) is 82.5 cm³/mol. The van der Waals surface area contributed by atoms with Gasteiger partial charge in [0.25, 0.3) is 5.89 Å². The fourth-order valence-corrected chi connectivity index (χ4v) is 3.12. The summed E-state index contributed by atoms with van der Waals surface area (Å²) in [4.78, 5) is 8.34. The molecule has 0 aliphatic heterocycles. The number of nitrogens with zero attached hydrogens (tertiary/aromatic N) is 3. The zero-order valence-corrected chi connectivity index (χ0v) is 13.1. The Morgan fingerprint density at radius 2 is 2.14 bits per heavy atom. The molecule has 21 heavy (non-hydrogen) atoms. The van der Waals surface area contributed by atoms with Gasteiger partial charge in [0.1, 0.15) is 17.5 Å². The van der Waals surface area contributed by atoms with Gasteiger partial charge in [0.05, 0.1) is 5.75 Å². The number of thioether (sulfide) groups is 1. The van der Waals surface area contributed by atoms with E-state index in [0.29, 0.717) is 28.9 Å². The molecule has 2 aromatic heterocycles. The van der Waals surface area contributed by atoms with Crippen molar-refractivity contribution in [2.75, 3.05) is 0 Å².